The molecule has 2 aromatic rings. The lowest BCUT2D eigenvalue weighted by atomic mass is 10.1. The minimum Gasteiger partial charge on any atom is -0.447 e. The maximum Gasteiger partial charge on any atom is 0.416 e. The van der Waals surface area contributed by atoms with E-state index in [0.717, 1.165) is 17.7 Å². The van der Waals surface area contributed by atoms with Crippen molar-refractivity contribution in [1.29, 1.82) is 0 Å². The van der Waals surface area contributed by atoms with Gasteiger partial charge in [0.25, 0.3) is 0 Å². The maximum atomic E-state index is 12.5. The van der Waals surface area contributed by atoms with Crippen LogP contribution in [-0.2, 0) is 22.4 Å². The van der Waals surface area contributed by atoms with Crippen molar-refractivity contribution in [2.45, 2.75) is 31.7 Å². The predicted octanol–water partition coefficient (Wildman–Crippen LogP) is 2.99. The zero-order chi connectivity index (χ0) is 16.8. The molecule has 2 heterocycles. The molecule has 0 saturated carbocycles. The summed E-state index contributed by atoms with van der Waals surface area (Å²) in [7, 11) is 0. The number of nitrogens with zero attached hydrogens (tertiary/aromatic N) is 2. The standard InChI is InChI=1S/C19H20N2O3/c22-18(11-6-10-16-9-4-5-12-20-16)21-17(14-24-19(21)23)13-15-7-2-1-3-8-15/h1-5,7-9,12,17H,6,10-11,13-14H2/t17-/m1/s1. The number of benzene rings is 1. The highest BCUT2D eigenvalue weighted by Gasteiger charge is 2.37. The first-order valence-corrected chi connectivity index (χ1v) is 8.16. The van der Waals surface area contributed by atoms with Crippen LogP contribution in [0.5, 0.6) is 0 Å². The molecule has 1 aliphatic rings. The van der Waals surface area contributed by atoms with Crippen molar-refractivity contribution in [3.05, 3.63) is 66.0 Å². The molecular formula is C19H20N2O3. The lowest BCUT2D eigenvalue weighted by Gasteiger charge is -2.19. The summed E-state index contributed by atoms with van der Waals surface area (Å²) < 4.78 is 5.09. The average Bonchev–Trinajstić information content (AvgIpc) is 2.97. The van der Waals surface area contributed by atoms with E-state index in [0.29, 0.717) is 19.3 Å². The molecule has 1 fully saturated rings. The molecule has 1 aromatic heterocycles. The van der Waals surface area contributed by atoms with Gasteiger partial charge in [0.1, 0.15) is 6.61 Å². The molecule has 1 aliphatic heterocycles. The number of hydrogen-bond donors (Lipinski definition) is 0. The van der Waals surface area contributed by atoms with E-state index in [1.165, 1.54) is 4.90 Å². The van der Waals surface area contributed by atoms with Gasteiger partial charge in [0.15, 0.2) is 0 Å². The van der Waals surface area contributed by atoms with E-state index in [2.05, 4.69) is 4.98 Å². The van der Waals surface area contributed by atoms with Crippen molar-refractivity contribution >= 4 is 12.0 Å². The molecule has 1 atom stereocenters. The Labute approximate surface area is 141 Å². The van der Waals surface area contributed by atoms with Gasteiger partial charge in [-0.2, -0.15) is 0 Å². The van der Waals surface area contributed by atoms with Crippen LogP contribution in [0.1, 0.15) is 24.1 Å². The first kappa shape index (κ1) is 16.2. The average molecular weight is 324 g/mol. The number of hydrogen-bond acceptors (Lipinski definition) is 4. The first-order chi connectivity index (χ1) is 11.7. The molecule has 0 unspecified atom stereocenters. The summed E-state index contributed by atoms with van der Waals surface area (Å²) >= 11 is 0. The molecule has 0 radical (unpaired) electrons. The second kappa shape index (κ2) is 7.73. The van der Waals surface area contributed by atoms with Gasteiger partial charge in [0.2, 0.25) is 5.91 Å². The normalized spacial score (nSPS) is 16.9. The summed E-state index contributed by atoms with van der Waals surface area (Å²) in [6.07, 6.45) is 3.54. The van der Waals surface area contributed by atoms with Crippen LogP contribution in [0.25, 0.3) is 0 Å². The molecule has 0 N–H and O–H groups in total. The van der Waals surface area contributed by atoms with E-state index in [4.69, 9.17) is 4.74 Å². The Hall–Kier alpha value is -2.69. The third kappa shape index (κ3) is 3.98. The zero-order valence-corrected chi connectivity index (χ0v) is 13.4. The fourth-order valence-corrected chi connectivity index (χ4v) is 2.89. The van der Waals surface area contributed by atoms with Crippen LogP contribution in [0.4, 0.5) is 4.79 Å². The highest BCUT2D eigenvalue weighted by Crippen LogP contribution is 2.19. The van der Waals surface area contributed by atoms with Gasteiger partial charge in [-0.25, -0.2) is 9.69 Å². The summed E-state index contributed by atoms with van der Waals surface area (Å²) in [6, 6.07) is 15.3. The van der Waals surface area contributed by atoms with Crippen molar-refractivity contribution in [3.8, 4) is 0 Å². The molecule has 124 valence electrons. The smallest absolute Gasteiger partial charge is 0.416 e. The molecular weight excluding hydrogens is 304 g/mol. The molecule has 0 spiro atoms. The van der Waals surface area contributed by atoms with Gasteiger partial charge in [-0.1, -0.05) is 36.4 Å². The van der Waals surface area contributed by atoms with Gasteiger partial charge in [-0.15, -0.1) is 0 Å². The third-order valence-electron chi connectivity index (χ3n) is 4.09. The number of carbonyl (C=O) groups excluding carboxylic acids is 2. The number of aryl methyl sites for hydroxylation is 1. The Morgan fingerprint density at radius 2 is 1.96 bits per heavy atom. The number of imide groups is 1. The van der Waals surface area contributed by atoms with Crippen molar-refractivity contribution in [2.24, 2.45) is 0 Å². The fourth-order valence-electron chi connectivity index (χ4n) is 2.89. The van der Waals surface area contributed by atoms with Gasteiger partial charge in [-0.3, -0.25) is 9.78 Å². The summed E-state index contributed by atoms with van der Waals surface area (Å²) in [6.45, 7) is 0.264. The Balaban J connectivity index is 1.56. The summed E-state index contributed by atoms with van der Waals surface area (Å²) in [4.78, 5) is 29.9. The number of carbonyl (C=O) groups is 2. The molecule has 1 aromatic carbocycles. The Bertz CT molecular complexity index is 688. The van der Waals surface area contributed by atoms with Crippen molar-refractivity contribution in [3.63, 3.8) is 0 Å². The van der Waals surface area contributed by atoms with Gasteiger partial charge < -0.3 is 4.74 Å². The topological polar surface area (TPSA) is 59.5 Å². The second-order valence-electron chi connectivity index (χ2n) is 5.86. The zero-order valence-electron chi connectivity index (χ0n) is 13.4. The maximum absolute atomic E-state index is 12.5. The summed E-state index contributed by atoms with van der Waals surface area (Å²) in [5.74, 6) is -0.172. The summed E-state index contributed by atoms with van der Waals surface area (Å²) in [5, 5.41) is 0. The minimum absolute atomic E-state index is 0.172. The number of cyclic esters (lactones) is 1. The van der Waals surface area contributed by atoms with Crippen LogP contribution in [0.15, 0.2) is 54.7 Å². The van der Waals surface area contributed by atoms with Crippen molar-refractivity contribution < 1.29 is 14.3 Å². The summed E-state index contributed by atoms with van der Waals surface area (Å²) in [5.41, 5.74) is 2.04. The number of aromatic nitrogens is 1. The Kier molecular flexibility index (Phi) is 5.21. The number of amides is 2. The Morgan fingerprint density at radius 3 is 2.71 bits per heavy atom. The van der Waals surface area contributed by atoms with Crippen LogP contribution in [0, 0.1) is 0 Å². The van der Waals surface area contributed by atoms with Crippen LogP contribution in [0.2, 0.25) is 0 Å². The molecule has 0 aliphatic carbocycles. The molecule has 5 heteroatoms. The number of pyridine rings is 1. The van der Waals surface area contributed by atoms with E-state index >= 15 is 0 Å². The fraction of sp³-hybridized carbons (Fsp3) is 0.316. The molecule has 3 rings (SSSR count). The number of ether oxygens (including phenoxy) is 1. The van der Waals surface area contributed by atoms with Crippen LogP contribution >= 0.6 is 0 Å². The van der Waals surface area contributed by atoms with Crippen LogP contribution in [-0.4, -0.2) is 34.5 Å². The monoisotopic (exact) mass is 324 g/mol. The molecule has 1 saturated heterocycles. The third-order valence-corrected chi connectivity index (χ3v) is 4.09. The predicted molar refractivity (Wildman–Crippen MR) is 89.3 cm³/mol. The number of rotatable bonds is 6. The van der Waals surface area contributed by atoms with Crippen molar-refractivity contribution in [1.82, 2.24) is 9.88 Å². The minimum atomic E-state index is -0.529. The Morgan fingerprint density at radius 1 is 1.17 bits per heavy atom. The van der Waals surface area contributed by atoms with E-state index in [1.807, 2.05) is 48.5 Å². The largest absolute Gasteiger partial charge is 0.447 e. The molecule has 0 bridgehead atoms. The first-order valence-electron chi connectivity index (χ1n) is 8.16. The van der Waals surface area contributed by atoms with Crippen LogP contribution in [0.3, 0.4) is 0 Å². The molecule has 5 nitrogen and oxygen atoms in total. The van der Waals surface area contributed by atoms with Crippen molar-refractivity contribution in [2.75, 3.05) is 6.61 Å². The lowest BCUT2D eigenvalue weighted by molar-refractivity contribution is -0.129. The van der Waals surface area contributed by atoms with Gasteiger partial charge in [-0.05, 0) is 37.0 Å². The van der Waals surface area contributed by atoms with E-state index < -0.39 is 6.09 Å². The second-order valence-corrected chi connectivity index (χ2v) is 5.86. The quantitative estimate of drug-likeness (QED) is 0.819. The highest BCUT2D eigenvalue weighted by molar-refractivity contribution is 5.93. The van der Waals surface area contributed by atoms with E-state index in [1.54, 1.807) is 6.20 Å². The highest BCUT2D eigenvalue weighted by atomic mass is 16.6. The van der Waals surface area contributed by atoms with E-state index in [9.17, 15) is 9.59 Å². The molecule has 2 amide bonds. The SMILES string of the molecule is O=C(CCCc1ccccn1)N1C(=O)OC[C@H]1Cc1ccccc1. The van der Waals surface area contributed by atoms with Crippen LogP contribution < -0.4 is 0 Å². The molecule has 24 heavy (non-hydrogen) atoms. The van der Waals surface area contributed by atoms with Gasteiger partial charge in [0, 0.05) is 18.3 Å². The lowest BCUT2D eigenvalue weighted by Crippen LogP contribution is -2.40. The van der Waals surface area contributed by atoms with Gasteiger partial charge >= 0.3 is 6.09 Å². The van der Waals surface area contributed by atoms with Gasteiger partial charge in [0.05, 0.1) is 6.04 Å². The van der Waals surface area contributed by atoms with E-state index in [-0.39, 0.29) is 18.6 Å².